The molecule has 17 heavy (non-hydrogen) atoms. The highest BCUT2D eigenvalue weighted by molar-refractivity contribution is 6.07. The Morgan fingerprint density at radius 2 is 2.00 bits per heavy atom. The number of rotatable bonds is 2. The number of hydrogen-bond acceptors (Lipinski definition) is 2. The number of aryl methyl sites for hydroxylation is 1. The number of para-hydroxylation sites is 1. The minimum Gasteiger partial charge on any atom is -0.390 e. The van der Waals surface area contributed by atoms with Gasteiger partial charge >= 0.3 is 0 Å². The van der Waals surface area contributed by atoms with Crippen LogP contribution in [0, 0.1) is 0 Å². The van der Waals surface area contributed by atoms with Crippen LogP contribution in [0.15, 0.2) is 36.5 Å². The van der Waals surface area contributed by atoms with E-state index in [4.69, 9.17) is 5.11 Å². The topological polar surface area (TPSA) is 38.0 Å². The Morgan fingerprint density at radius 3 is 2.76 bits per heavy atom. The van der Waals surface area contributed by atoms with E-state index in [2.05, 4.69) is 28.6 Å². The molecular weight excluding hydrogens is 212 g/mol. The summed E-state index contributed by atoms with van der Waals surface area (Å²) in [6, 6.07) is 10.3. The van der Waals surface area contributed by atoms with E-state index in [1.54, 1.807) is 0 Å². The van der Waals surface area contributed by atoms with Gasteiger partial charge < -0.3 is 9.67 Å². The molecule has 2 aromatic heterocycles. The number of aromatic nitrogens is 2. The predicted molar refractivity (Wildman–Crippen MR) is 68.8 cm³/mol. The quantitative estimate of drug-likeness (QED) is 0.729. The second-order valence-electron chi connectivity index (χ2n) is 4.11. The van der Waals surface area contributed by atoms with Crippen LogP contribution >= 0.6 is 0 Å². The van der Waals surface area contributed by atoms with E-state index in [-0.39, 0.29) is 6.61 Å². The normalized spacial score (nSPS) is 11.4. The van der Waals surface area contributed by atoms with Crippen LogP contribution in [0.1, 0.15) is 12.6 Å². The largest absolute Gasteiger partial charge is 0.390 e. The lowest BCUT2D eigenvalue weighted by Crippen LogP contribution is -1.94. The van der Waals surface area contributed by atoms with Gasteiger partial charge in [0.15, 0.2) is 0 Å². The van der Waals surface area contributed by atoms with E-state index in [0.717, 1.165) is 17.8 Å². The van der Waals surface area contributed by atoms with E-state index in [1.807, 2.05) is 24.4 Å². The summed E-state index contributed by atoms with van der Waals surface area (Å²) in [5.41, 5.74) is 3.07. The smallest absolute Gasteiger partial charge is 0.0853 e. The number of aliphatic hydroxyl groups excluding tert-OH is 1. The second kappa shape index (κ2) is 3.86. The van der Waals surface area contributed by atoms with Crippen molar-refractivity contribution in [3.05, 3.63) is 42.2 Å². The molecule has 0 spiro atoms. The van der Waals surface area contributed by atoms with E-state index < -0.39 is 0 Å². The van der Waals surface area contributed by atoms with Crippen molar-refractivity contribution < 1.29 is 5.11 Å². The number of nitrogens with zero attached hydrogens (tertiary/aromatic N) is 2. The van der Waals surface area contributed by atoms with Crippen LogP contribution in [-0.4, -0.2) is 14.7 Å². The second-order valence-corrected chi connectivity index (χ2v) is 4.11. The van der Waals surface area contributed by atoms with Gasteiger partial charge in [-0.1, -0.05) is 18.2 Å². The molecule has 0 aliphatic rings. The summed E-state index contributed by atoms with van der Waals surface area (Å²) in [5.74, 6) is 0. The summed E-state index contributed by atoms with van der Waals surface area (Å²) in [6.45, 7) is 3.04. The van der Waals surface area contributed by atoms with Crippen molar-refractivity contribution in [1.29, 1.82) is 0 Å². The van der Waals surface area contributed by atoms with Crippen LogP contribution in [0.4, 0.5) is 0 Å². The van der Waals surface area contributed by atoms with Crippen molar-refractivity contribution >= 4 is 21.8 Å². The highest BCUT2D eigenvalue weighted by Crippen LogP contribution is 2.28. The van der Waals surface area contributed by atoms with E-state index in [9.17, 15) is 0 Å². The molecule has 86 valence electrons. The maximum absolute atomic E-state index is 9.16. The van der Waals surface area contributed by atoms with Crippen LogP contribution in [0.3, 0.4) is 0 Å². The number of fused-ring (bicyclic) bond motifs is 3. The molecule has 3 heteroatoms. The molecule has 0 saturated carbocycles. The average molecular weight is 226 g/mol. The van der Waals surface area contributed by atoms with Gasteiger partial charge in [-0.15, -0.1) is 0 Å². The Hall–Kier alpha value is -1.87. The standard InChI is InChI=1S/C14H14N2O/c1-2-16-13-6-4-3-5-11(13)12-7-10(9-17)15-8-14(12)16/h3-8,17H,2,9H2,1H3. The van der Waals surface area contributed by atoms with Crippen molar-refractivity contribution in [2.24, 2.45) is 0 Å². The maximum Gasteiger partial charge on any atom is 0.0853 e. The third-order valence-corrected chi connectivity index (χ3v) is 3.19. The summed E-state index contributed by atoms with van der Waals surface area (Å²) >= 11 is 0. The summed E-state index contributed by atoms with van der Waals surface area (Å²) in [7, 11) is 0. The Balaban J connectivity index is 2.49. The first-order chi connectivity index (χ1) is 8.35. The maximum atomic E-state index is 9.16. The number of aliphatic hydroxyl groups is 1. The SMILES string of the molecule is CCn1c2ccccc2c2cc(CO)ncc21. The van der Waals surface area contributed by atoms with Crippen molar-refractivity contribution in [3.63, 3.8) is 0 Å². The molecule has 0 atom stereocenters. The van der Waals surface area contributed by atoms with Gasteiger partial charge in [0.2, 0.25) is 0 Å². The molecule has 0 amide bonds. The molecular formula is C14H14N2O. The molecule has 0 unspecified atom stereocenters. The zero-order valence-electron chi connectivity index (χ0n) is 9.72. The van der Waals surface area contributed by atoms with Crippen molar-refractivity contribution in [3.8, 4) is 0 Å². The predicted octanol–water partition coefficient (Wildman–Crippen LogP) is 2.70. The van der Waals surface area contributed by atoms with Crippen LogP contribution < -0.4 is 0 Å². The molecule has 0 aliphatic heterocycles. The molecule has 1 N–H and O–H groups in total. The van der Waals surface area contributed by atoms with E-state index >= 15 is 0 Å². The van der Waals surface area contributed by atoms with Gasteiger partial charge in [-0.2, -0.15) is 0 Å². The molecule has 3 aromatic rings. The number of benzene rings is 1. The first-order valence-corrected chi connectivity index (χ1v) is 5.82. The molecule has 2 heterocycles. The van der Waals surface area contributed by atoms with Gasteiger partial charge in [0.25, 0.3) is 0 Å². The van der Waals surface area contributed by atoms with Crippen LogP contribution in [-0.2, 0) is 13.2 Å². The Labute approximate surface area is 99.3 Å². The zero-order valence-corrected chi connectivity index (χ0v) is 9.72. The average Bonchev–Trinajstić information content (AvgIpc) is 2.71. The van der Waals surface area contributed by atoms with E-state index in [0.29, 0.717) is 0 Å². The van der Waals surface area contributed by atoms with Gasteiger partial charge in [0, 0.05) is 22.8 Å². The summed E-state index contributed by atoms with van der Waals surface area (Å²) in [6.07, 6.45) is 1.85. The lowest BCUT2D eigenvalue weighted by Gasteiger charge is -2.02. The third kappa shape index (κ3) is 1.43. The molecule has 0 radical (unpaired) electrons. The fourth-order valence-electron chi connectivity index (χ4n) is 2.42. The summed E-state index contributed by atoms with van der Waals surface area (Å²) in [5, 5.41) is 11.6. The highest BCUT2D eigenvalue weighted by Gasteiger charge is 2.09. The van der Waals surface area contributed by atoms with Crippen LogP contribution in [0.2, 0.25) is 0 Å². The molecule has 3 nitrogen and oxygen atoms in total. The first-order valence-electron chi connectivity index (χ1n) is 5.82. The summed E-state index contributed by atoms with van der Waals surface area (Å²) < 4.78 is 2.25. The lowest BCUT2D eigenvalue weighted by molar-refractivity contribution is 0.277. The third-order valence-electron chi connectivity index (χ3n) is 3.19. The molecule has 1 aromatic carbocycles. The van der Waals surface area contributed by atoms with Crippen LogP contribution in [0.5, 0.6) is 0 Å². The van der Waals surface area contributed by atoms with Crippen molar-refractivity contribution in [1.82, 2.24) is 9.55 Å². The monoisotopic (exact) mass is 226 g/mol. The molecule has 0 aliphatic carbocycles. The first kappa shape index (κ1) is 10.3. The Morgan fingerprint density at radius 1 is 1.18 bits per heavy atom. The Kier molecular flexibility index (Phi) is 2.34. The van der Waals surface area contributed by atoms with Gasteiger partial charge in [0.05, 0.1) is 24.0 Å². The van der Waals surface area contributed by atoms with Crippen molar-refractivity contribution in [2.75, 3.05) is 0 Å². The van der Waals surface area contributed by atoms with Gasteiger partial charge in [-0.3, -0.25) is 4.98 Å². The van der Waals surface area contributed by atoms with E-state index in [1.165, 1.54) is 16.3 Å². The number of pyridine rings is 1. The minimum atomic E-state index is -0.0123. The molecule has 0 bridgehead atoms. The fraction of sp³-hybridized carbons (Fsp3) is 0.214. The van der Waals surface area contributed by atoms with Gasteiger partial charge in [0.1, 0.15) is 0 Å². The number of hydrogen-bond donors (Lipinski definition) is 1. The van der Waals surface area contributed by atoms with Gasteiger partial charge in [-0.05, 0) is 19.1 Å². The Bertz CT molecular complexity index is 685. The fourth-order valence-corrected chi connectivity index (χ4v) is 2.42. The highest BCUT2D eigenvalue weighted by atomic mass is 16.3. The molecule has 0 fully saturated rings. The van der Waals surface area contributed by atoms with Crippen LogP contribution in [0.25, 0.3) is 21.8 Å². The molecule has 3 rings (SSSR count). The molecule has 0 saturated heterocycles. The summed E-state index contributed by atoms with van der Waals surface area (Å²) in [4.78, 5) is 4.26. The zero-order chi connectivity index (χ0) is 11.8. The van der Waals surface area contributed by atoms with Crippen molar-refractivity contribution in [2.45, 2.75) is 20.1 Å². The minimum absolute atomic E-state index is 0.0123. The lowest BCUT2D eigenvalue weighted by atomic mass is 10.2. The van der Waals surface area contributed by atoms with Gasteiger partial charge in [-0.25, -0.2) is 0 Å².